The van der Waals surface area contributed by atoms with Gasteiger partial charge in [-0.1, -0.05) is 11.6 Å². The second-order valence-electron chi connectivity index (χ2n) is 2.52. The van der Waals surface area contributed by atoms with Crippen LogP contribution < -0.4 is 5.32 Å². The summed E-state index contributed by atoms with van der Waals surface area (Å²) >= 11 is 6.88. The van der Waals surface area contributed by atoms with Crippen LogP contribution in [-0.4, -0.2) is 20.9 Å². The molecule has 0 saturated carbocycles. The number of anilines is 1. The van der Waals surface area contributed by atoms with Gasteiger partial charge in [-0.3, -0.25) is 15.1 Å². The van der Waals surface area contributed by atoms with Crippen molar-refractivity contribution in [3.8, 4) is 0 Å². The lowest BCUT2D eigenvalue weighted by Gasteiger charge is -2.00. The molecule has 0 unspecified atom stereocenters. The first-order valence-corrected chi connectivity index (χ1v) is 5.20. The van der Waals surface area contributed by atoms with Crippen molar-refractivity contribution in [2.24, 2.45) is 0 Å². The maximum atomic E-state index is 11.5. The zero-order chi connectivity index (χ0) is 10.7. The van der Waals surface area contributed by atoms with Crippen LogP contribution in [0.5, 0.6) is 0 Å². The van der Waals surface area contributed by atoms with Gasteiger partial charge in [-0.15, -0.1) is 11.3 Å². The molecule has 1 amide bonds. The Morgan fingerprint density at radius 1 is 1.53 bits per heavy atom. The van der Waals surface area contributed by atoms with Crippen molar-refractivity contribution in [3.05, 3.63) is 34.0 Å². The first kappa shape index (κ1) is 10.0. The molecule has 0 bridgehead atoms. The number of aromatic nitrogens is 3. The molecule has 2 aromatic heterocycles. The summed E-state index contributed by atoms with van der Waals surface area (Å²) in [7, 11) is 0. The zero-order valence-corrected chi connectivity index (χ0v) is 8.92. The molecule has 2 rings (SSSR count). The van der Waals surface area contributed by atoms with Crippen molar-refractivity contribution < 1.29 is 4.79 Å². The molecule has 0 spiro atoms. The number of carbonyl (C=O) groups excluding carboxylic acids is 1. The van der Waals surface area contributed by atoms with Gasteiger partial charge in [0.2, 0.25) is 5.95 Å². The molecule has 5 nitrogen and oxygen atoms in total. The van der Waals surface area contributed by atoms with Gasteiger partial charge in [0.1, 0.15) is 10.0 Å². The Balaban J connectivity index is 2.13. The molecule has 0 radical (unpaired) electrons. The van der Waals surface area contributed by atoms with E-state index in [0.29, 0.717) is 4.88 Å². The number of thiazole rings is 1. The zero-order valence-electron chi connectivity index (χ0n) is 7.35. The van der Waals surface area contributed by atoms with E-state index in [1.54, 1.807) is 5.51 Å². The highest BCUT2D eigenvalue weighted by Gasteiger charge is 2.08. The van der Waals surface area contributed by atoms with E-state index in [9.17, 15) is 4.79 Å². The van der Waals surface area contributed by atoms with Crippen LogP contribution in [0.25, 0.3) is 0 Å². The van der Waals surface area contributed by atoms with Gasteiger partial charge in [0.05, 0.1) is 11.7 Å². The number of hydrogen-bond acceptors (Lipinski definition) is 5. The number of carbonyl (C=O) groups is 1. The van der Waals surface area contributed by atoms with Crippen LogP contribution in [0.15, 0.2) is 24.0 Å². The molecule has 2 heterocycles. The van der Waals surface area contributed by atoms with E-state index in [4.69, 9.17) is 11.6 Å². The highest BCUT2D eigenvalue weighted by atomic mass is 35.5. The molecule has 0 aromatic carbocycles. The van der Waals surface area contributed by atoms with Crippen LogP contribution in [-0.2, 0) is 0 Å². The van der Waals surface area contributed by atoms with E-state index in [0.717, 1.165) is 0 Å². The quantitative estimate of drug-likeness (QED) is 0.814. The van der Waals surface area contributed by atoms with E-state index in [-0.39, 0.29) is 17.0 Å². The lowest BCUT2D eigenvalue weighted by atomic mass is 10.5. The fraction of sp³-hybridized carbons (Fsp3) is 0. The largest absolute Gasteiger partial charge is 0.290 e. The number of nitrogens with one attached hydrogen (secondary N) is 1. The average Bonchev–Trinajstić information content (AvgIpc) is 2.70. The van der Waals surface area contributed by atoms with Crippen molar-refractivity contribution in [1.82, 2.24) is 15.0 Å². The number of hydrogen-bond donors (Lipinski definition) is 1. The molecular weight excluding hydrogens is 236 g/mol. The molecule has 0 atom stereocenters. The minimum Gasteiger partial charge on any atom is -0.290 e. The highest BCUT2D eigenvalue weighted by Crippen LogP contribution is 2.10. The van der Waals surface area contributed by atoms with Crippen molar-refractivity contribution in [1.29, 1.82) is 0 Å². The summed E-state index contributed by atoms with van der Waals surface area (Å²) in [6, 6.07) is 1.53. The Morgan fingerprint density at radius 3 is 3.07 bits per heavy atom. The number of halogens is 1. The van der Waals surface area contributed by atoms with Crippen LogP contribution in [0, 0.1) is 0 Å². The van der Waals surface area contributed by atoms with Crippen molar-refractivity contribution in [2.45, 2.75) is 0 Å². The summed E-state index contributed by atoms with van der Waals surface area (Å²) in [4.78, 5) is 23.5. The predicted molar refractivity (Wildman–Crippen MR) is 57.1 cm³/mol. The molecule has 0 saturated heterocycles. The average molecular weight is 241 g/mol. The first-order chi connectivity index (χ1) is 7.25. The molecule has 7 heteroatoms. The molecule has 0 aliphatic heterocycles. The minimum atomic E-state index is -0.292. The van der Waals surface area contributed by atoms with Crippen molar-refractivity contribution in [2.75, 3.05) is 5.32 Å². The first-order valence-electron chi connectivity index (χ1n) is 3.94. The molecule has 76 valence electrons. The normalized spacial score (nSPS) is 9.93. The van der Waals surface area contributed by atoms with Gasteiger partial charge in [-0.2, -0.15) is 0 Å². The van der Waals surface area contributed by atoms with E-state index in [1.807, 2.05) is 0 Å². The van der Waals surface area contributed by atoms with E-state index >= 15 is 0 Å². The Kier molecular flexibility index (Phi) is 2.89. The molecule has 1 N–H and O–H groups in total. The molecule has 0 fully saturated rings. The van der Waals surface area contributed by atoms with Gasteiger partial charge >= 0.3 is 0 Å². The fourth-order valence-corrected chi connectivity index (χ4v) is 1.54. The summed E-state index contributed by atoms with van der Waals surface area (Å²) < 4.78 is 0. The third-order valence-corrected chi connectivity index (χ3v) is 2.49. The summed E-state index contributed by atoms with van der Waals surface area (Å²) in [6.45, 7) is 0. The standard InChI is InChI=1S/C8H5ClN4OS/c9-6-1-2-11-8(12-6)13-7(14)5-3-10-4-15-5/h1-4H,(H,11,12,13,14). The van der Waals surface area contributed by atoms with Gasteiger partial charge in [0.15, 0.2) is 0 Å². The third kappa shape index (κ3) is 2.48. The topological polar surface area (TPSA) is 67.8 Å². The number of nitrogens with zero attached hydrogens (tertiary/aromatic N) is 3. The van der Waals surface area contributed by atoms with Crippen LogP contribution in [0.1, 0.15) is 9.67 Å². The highest BCUT2D eigenvalue weighted by molar-refractivity contribution is 7.11. The summed E-state index contributed by atoms with van der Waals surface area (Å²) in [5, 5.41) is 2.79. The van der Waals surface area contributed by atoms with E-state index in [1.165, 1.54) is 29.8 Å². The van der Waals surface area contributed by atoms with Gasteiger partial charge in [-0.05, 0) is 6.07 Å². The molecule has 0 aliphatic carbocycles. The van der Waals surface area contributed by atoms with Gasteiger partial charge in [0.25, 0.3) is 5.91 Å². The van der Waals surface area contributed by atoms with Crippen LogP contribution in [0.2, 0.25) is 5.15 Å². The maximum absolute atomic E-state index is 11.5. The smallest absolute Gasteiger partial charge is 0.269 e. The van der Waals surface area contributed by atoms with Crippen molar-refractivity contribution in [3.63, 3.8) is 0 Å². The van der Waals surface area contributed by atoms with Gasteiger partial charge in [-0.25, -0.2) is 9.97 Å². The second-order valence-corrected chi connectivity index (χ2v) is 3.80. The Hall–Kier alpha value is -1.53. The Bertz CT molecular complexity index is 473. The minimum absolute atomic E-state index is 0.181. The maximum Gasteiger partial charge on any atom is 0.269 e. The molecule has 15 heavy (non-hydrogen) atoms. The Labute approximate surface area is 94.2 Å². The van der Waals surface area contributed by atoms with Crippen molar-refractivity contribution >= 4 is 34.8 Å². The molecule has 2 aromatic rings. The lowest BCUT2D eigenvalue weighted by molar-refractivity contribution is 0.102. The molecule has 0 aliphatic rings. The van der Waals surface area contributed by atoms with E-state index in [2.05, 4.69) is 20.3 Å². The van der Waals surface area contributed by atoms with E-state index < -0.39 is 0 Å². The lowest BCUT2D eigenvalue weighted by Crippen LogP contribution is -2.12. The SMILES string of the molecule is O=C(Nc1nccc(Cl)n1)c1cncs1. The monoisotopic (exact) mass is 240 g/mol. The van der Waals surface area contributed by atoms with Gasteiger partial charge < -0.3 is 0 Å². The van der Waals surface area contributed by atoms with Crippen LogP contribution in [0.4, 0.5) is 5.95 Å². The number of amides is 1. The van der Waals surface area contributed by atoms with Gasteiger partial charge in [0, 0.05) is 6.20 Å². The summed E-state index contributed by atoms with van der Waals surface area (Å²) in [6.07, 6.45) is 2.95. The fourth-order valence-electron chi connectivity index (χ4n) is 0.888. The summed E-state index contributed by atoms with van der Waals surface area (Å²) in [5.41, 5.74) is 1.58. The predicted octanol–water partition coefficient (Wildman–Crippen LogP) is 1.84. The van der Waals surface area contributed by atoms with Crippen LogP contribution >= 0.6 is 22.9 Å². The second kappa shape index (κ2) is 4.33. The molecular formula is C8H5ClN4OS. The summed E-state index contributed by atoms with van der Waals surface area (Å²) in [5.74, 6) is -0.110. The van der Waals surface area contributed by atoms with Crippen LogP contribution in [0.3, 0.4) is 0 Å². The number of rotatable bonds is 2. The third-order valence-electron chi connectivity index (χ3n) is 1.50. The Morgan fingerprint density at radius 2 is 2.40 bits per heavy atom.